The Morgan fingerprint density at radius 3 is 2.67 bits per heavy atom. The van der Waals surface area contributed by atoms with Crippen LogP contribution in [0, 0.1) is 17.2 Å². The first-order valence-corrected chi connectivity index (χ1v) is 6.41. The van der Waals surface area contributed by atoms with Crippen LogP contribution in [-0.4, -0.2) is 10.1 Å². The molecular formula is C10H18IN. The fraction of sp³-hybridized carbons (Fsp3) is 0.900. The van der Waals surface area contributed by atoms with E-state index in [0.29, 0.717) is 5.92 Å². The largest absolute Gasteiger partial charge is 0.309 e. The summed E-state index contributed by atoms with van der Waals surface area (Å²) < 4.78 is 0.923. The lowest BCUT2D eigenvalue weighted by atomic mass is 9.86. The van der Waals surface area contributed by atoms with Crippen molar-refractivity contribution in [3.8, 4) is 0 Å². The van der Waals surface area contributed by atoms with Crippen LogP contribution in [-0.2, 0) is 0 Å². The third-order valence-electron chi connectivity index (χ3n) is 2.95. The van der Waals surface area contributed by atoms with E-state index in [2.05, 4.69) is 29.5 Å². The highest BCUT2D eigenvalue weighted by atomic mass is 127. The number of hydrogen-bond acceptors (Lipinski definition) is 1. The zero-order valence-corrected chi connectivity index (χ0v) is 9.93. The van der Waals surface area contributed by atoms with E-state index < -0.39 is 0 Å². The molecule has 1 fully saturated rings. The Morgan fingerprint density at radius 1 is 1.33 bits per heavy atom. The van der Waals surface area contributed by atoms with E-state index in [1.165, 1.54) is 32.1 Å². The lowest BCUT2D eigenvalue weighted by Crippen LogP contribution is -2.21. The SMILES string of the molecule is CC1CCCCC[C@H]1C(=N)CI. The molecule has 1 saturated carbocycles. The number of nitrogens with one attached hydrogen (secondary N) is 1. The molecule has 0 amide bonds. The molecule has 0 spiro atoms. The van der Waals surface area contributed by atoms with Crippen molar-refractivity contribution in [2.45, 2.75) is 39.0 Å². The molecule has 0 bridgehead atoms. The predicted octanol–water partition coefficient (Wildman–Crippen LogP) is 3.66. The van der Waals surface area contributed by atoms with Crippen LogP contribution in [0.1, 0.15) is 39.0 Å². The van der Waals surface area contributed by atoms with E-state index in [-0.39, 0.29) is 0 Å². The van der Waals surface area contributed by atoms with Gasteiger partial charge in [0.2, 0.25) is 0 Å². The Hall–Kier alpha value is 0.400. The molecule has 0 radical (unpaired) electrons. The van der Waals surface area contributed by atoms with E-state index in [0.717, 1.165) is 16.1 Å². The van der Waals surface area contributed by atoms with Gasteiger partial charge in [0, 0.05) is 10.1 Å². The molecule has 12 heavy (non-hydrogen) atoms. The van der Waals surface area contributed by atoms with E-state index in [1.807, 2.05) is 0 Å². The first-order valence-electron chi connectivity index (χ1n) is 4.89. The molecule has 0 aromatic heterocycles. The van der Waals surface area contributed by atoms with Gasteiger partial charge in [-0.25, -0.2) is 0 Å². The summed E-state index contributed by atoms with van der Waals surface area (Å²) in [5.74, 6) is 1.36. The lowest BCUT2D eigenvalue weighted by Gasteiger charge is -2.20. The van der Waals surface area contributed by atoms with Gasteiger partial charge in [-0.15, -0.1) is 0 Å². The van der Waals surface area contributed by atoms with Crippen molar-refractivity contribution in [2.24, 2.45) is 11.8 Å². The van der Waals surface area contributed by atoms with Crippen molar-refractivity contribution in [3.63, 3.8) is 0 Å². The smallest absolute Gasteiger partial charge is 0.0377 e. The van der Waals surface area contributed by atoms with E-state index in [4.69, 9.17) is 5.41 Å². The molecule has 0 saturated heterocycles. The van der Waals surface area contributed by atoms with Crippen molar-refractivity contribution in [1.82, 2.24) is 0 Å². The average Bonchev–Trinajstić information content (AvgIpc) is 2.28. The number of alkyl halides is 1. The molecule has 1 N–H and O–H groups in total. The number of rotatable bonds is 2. The third-order valence-corrected chi connectivity index (χ3v) is 3.77. The highest BCUT2D eigenvalue weighted by Crippen LogP contribution is 2.29. The van der Waals surface area contributed by atoms with Crippen LogP contribution in [0.15, 0.2) is 0 Å². The van der Waals surface area contributed by atoms with E-state index in [9.17, 15) is 0 Å². The molecule has 1 aliphatic carbocycles. The summed E-state index contributed by atoms with van der Waals surface area (Å²) >= 11 is 2.31. The Balaban J connectivity index is 2.52. The molecule has 0 aromatic carbocycles. The van der Waals surface area contributed by atoms with Crippen LogP contribution >= 0.6 is 22.6 Å². The summed E-state index contributed by atoms with van der Waals surface area (Å²) in [4.78, 5) is 0. The molecule has 70 valence electrons. The molecule has 2 atom stereocenters. The summed E-state index contributed by atoms with van der Waals surface area (Å²) in [5.41, 5.74) is 0.977. The Morgan fingerprint density at radius 2 is 2.00 bits per heavy atom. The highest BCUT2D eigenvalue weighted by molar-refractivity contribution is 14.1. The van der Waals surface area contributed by atoms with Gasteiger partial charge in [-0.2, -0.15) is 0 Å². The summed E-state index contributed by atoms with van der Waals surface area (Å²) in [6.07, 6.45) is 6.71. The predicted molar refractivity (Wildman–Crippen MR) is 62.4 cm³/mol. The van der Waals surface area contributed by atoms with Gasteiger partial charge in [0.15, 0.2) is 0 Å². The van der Waals surface area contributed by atoms with Crippen LogP contribution < -0.4 is 0 Å². The molecule has 0 heterocycles. The Kier molecular flexibility index (Phi) is 4.54. The third kappa shape index (κ3) is 2.71. The highest BCUT2D eigenvalue weighted by Gasteiger charge is 2.22. The molecule has 2 heteroatoms. The first-order chi connectivity index (χ1) is 5.75. The molecule has 1 unspecified atom stereocenters. The molecule has 0 aliphatic heterocycles. The quantitative estimate of drug-likeness (QED) is 0.345. The fourth-order valence-electron chi connectivity index (χ4n) is 2.11. The van der Waals surface area contributed by atoms with Crippen LogP contribution in [0.5, 0.6) is 0 Å². The van der Waals surface area contributed by atoms with Crippen molar-refractivity contribution >= 4 is 28.3 Å². The van der Waals surface area contributed by atoms with Gasteiger partial charge in [0.25, 0.3) is 0 Å². The van der Waals surface area contributed by atoms with E-state index >= 15 is 0 Å². The lowest BCUT2D eigenvalue weighted by molar-refractivity contribution is 0.427. The van der Waals surface area contributed by atoms with Crippen LogP contribution in [0.25, 0.3) is 0 Å². The molecule has 1 rings (SSSR count). The second-order valence-electron chi connectivity index (χ2n) is 3.88. The summed E-state index contributed by atoms with van der Waals surface area (Å²) in [6.45, 7) is 2.32. The maximum Gasteiger partial charge on any atom is 0.0377 e. The van der Waals surface area contributed by atoms with Gasteiger partial charge in [-0.1, -0.05) is 55.2 Å². The first kappa shape index (κ1) is 10.5. The summed E-state index contributed by atoms with van der Waals surface area (Å²) in [5, 5.41) is 7.85. The van der Waals surface area contributed by atoms with E-state index in [1.54, 1.807) is 0 Å². The van der Waals surface area contributed by atoms with Gasteiger partial charge >= 0.3 is 0 Å². The van der Waals surface area contributed by atoms with Gasteiger partial charge in [0.1, 0.15) is 0 Å². The summed E-state index contributed by atoms with van der Waals surface area (Å²) in [6, 6.07) is 0. The minimum atomic E-state index is 0.601. The maximum absolute atomic E-state index is 7.85. The van der Waals surface area contributed by atoms with Crippen LogP contribution in [0.4, 0.5) is 0 Å². The van der Waals surface area contributed by atoms with Crippen molar-refractivity contribution < 1.29 is 0 Å². The summed E-state index contributed by atoms with van der Waals surface area (Å²) in [7, 11) is 0. The zero-order chi connectivity index (χ0) is 8.97. The second-order valence-corrected chi connectivity index (χ2v) is 4.64. The Bertz CT molecular complexity index is 156. The zero-order valence-electron chi connectivity index (χ0n) is 7.78. The van der Waals surface area contributed by atoms with Crippen molar-refractivity contribution in [1.29, 1.82) is 5.41 Å². The normalized spacial score (nSPS) is 31.2. The van der Waals surface area contributed by atoms with Gasteiger partial charge in [-0.05, 0) is 18.3 Å². The molecular weight excluding hydrogens is 261 g/mol. The number of halogens is 1. The topological polar surface area (TPSA) is 23.9 Å². The van der Waals surface area contributed by atoms with Gasteiger partial charge < -0.3 is 5.41 Å². The Labute approximate surface area is 89.0 Å². The molecule has 0 aromatic rings. The van der Waals surface area contributed by atoms with Crippen LogP contribution in [0.2, 0.25) is 0 Å². The monoisotopic (exact) mass is 279 g/mol. The fourth-order valence-corrected chi connectivity index (χ4v) is 2.68. The molecule has 1 aliphatic rings. The van der Waals surface area contributed by atoms with Crippen LogP contribution in [0.3, 0.4) is 0 Å². The minimum absolute atomic E-state index is 0.601. The maximum atomic E-state index is 7.85. The molecule has 1 nitrogen and oxygen atoms in total. The minimum Gasteiger partial charge on any atom is -0.309 e. The van der Waals surface area contributed by atoms with Gasteiger partial charge in [0.05, 0.1) is 0 Å². The van der Waals surface area contributed by atoms with Crippen molar-refractivity contribution in [2.75, 3.05) is 4.43 Å². The van der Waals surface area contributed by atoms with Gasteiger partial charge in [-0.3, -0.25) is 0 Å². The second kappa shape index (κ2) is 5.20. The number of hydrogen-bond donors (Lipinski definition) is 1. The standard InChI is InChI=1S/C10H18IN/c1-8-5-3-2-4-6-9(8)10(12)7-11/h8-9,12H,2-7H2,1H3/t8?,9-/m1/s1. The van der Waals surface area contributed by atoms with Crippen molar-refractivity contribution in [3.05, 3.63) is 0 Å². The average molecular weight is 279 g/mol.